The number of hydrogen-bond acceptors (Lipinski definition) is 3. The van der Waals surface area contributed by atoms with E-state index >= 15 is 0 Å². The lowest BCUT2D eigenvalue weighted by Gasteiger charge is -2.40. The van der Waals surface area contributed by atoms with E-state index < -0.39 is 0 Å². The second-order valence-electron chi connectivity index (χ2n) is 8.56. The van der Waals surface area contributed by atoms with Crippen molar-refractivity contribution in [2.45, 2.75) is 46.5 Å². The van der Waals surface area contributed by atoms with E-state index in [9.17, 15) is 4.79 Å². The first-order chi connectivity index (χ1) is 11.8. The number of carbonyl (C=O) groups is 1. The molecule has 0 unspecified atom stereocenters. The second kappa shape index (κ2) is 7.53. The van der Waals surface area contributed by atoms with E-state index in [0.29, 0.717) is 16.3 Å². The predicted octanol–water partition coefficient (Wildman–Crippen LogP) is 4.24. The molecule has 0 N–H and O–H groups in total. The van der Waals surface area contributed by atoms with E-state index in [4.69, 9.17) is 11.6 Å². The summed E-state index contributed by atoms with van der Waals surface area (Å²) in [6.07, 6.45) is 6.17. The van der Waals surface area contributed by atoms with Crippen LogP contribution in [-0.2, 0) is 4.79 Å². The van der Waals surface area contributed by atoms with Crippen molar-refractivity contribution >= 4 is 23.3 Å². The fraction of sp³-hybridized carbons (Fsp3) is 0.700. The topological polar surface area (TPSA) is 36.4 Å². The van der Waals surface area contributed by atoms with E-state index in [-0.39, 0.29) is 5.92 Å². The zero-order valence-corrected chi connectivity index (χ0v) is 16.4. The van der Waals surface area contributed by atoms with Crippen LogP contribution in [0.3, 0.4) is 0 Å². The second-order valence-corrected chi connectivity index (χ2v) is 9.00. The molecule has 1 aromatic heterocycles. The quantitative estimate of drug-likeness (QED) is 0.788. The van der Waals surface area contributed by atoms with Gasteiger partial charge in [0.05, 0.1) is 5.02 Å². The zero-order chi connectivity index (χ0) is 18.0. The number of anilines is 1. The van der Waals surface area contributed by atoms with Gasteiger partial charge in [-0.2, -0.15) is 0 Å². The van der Waals surface area contributed by atoms with Gasteiger partial charge in [-0.1, -0.05) is 32.4 Å². The molecule has 2 aliphatic rings. The summed E-state index contributed by atoms with van der Waals surface area (Å²) in [6.45, 7) is 10.2. The molecule has 2 fully saturated rings. The monoisotopic (exact) mass is 363 g/mol. The van der Waals surface area contributed by atoms with Crippen LogP contribution in [0.15, 0.2) is 18.3 Å². The molecule has 1 aliphatic carbocycles. The SMILES string of the molecule is CC(C)(C)C1CCC(C(=O)N2CCN(c3ccc(Cl)cn3)CC2)CC1. The number of carbonyl (C=O) groups excluding carboxylic acids is 1. The molecule has 1 saturated carbocycles. The highest BCUT2D eigenvalue weighted by molar-refractivity contribution is 6.30. The molecule has 25 heavy (non-hydrogen) atoms. The third-order valence-corrected chi connectivity index (χ3v) is 6.15. The number of rotatable bonds is 2. The molecule has 0 spiro atoms. The minimum atomic E-state index is 0.235. The Hall–Kier alpha value is -1.29. The van der Waals surface area contributed by atoms with Crippen LogP contribution in [0.5, 0.6) is 0 Å². The molecule has 1 amide bonds. The van der Waals surface area contributed by atoms with E-state index in [0.717, 1.165) is 50.8 Å². The third kappa shape index (κ3) is 4.46. The largest absolute Gasteiger partial charge is 0.353 e. The normalized spacial score (nSPS) is 25.1. The lowest BCUT2D eigenvalue weighted by atomic mass is 9.69. The molecule has 2 heterocycles. The lowest BCUT2D eigenvalue weighted by molar-refractivity contribution is -0.137. The van der Waals surface area contributed by atoms with Gasteiger partial charge in [0.25, 0.3) is 0 Å². The Labute approximate surface area is 156 Å². The smallest absolute Gasteiger partial charge is 0.225 e. The van der Waals surface area contributed by atoms with E-state index in [2.05, 4.69) is 35.6 Å². The summed E-state index contributed by atoms with van der Waals surface area (Å²) >= 11 is 5.91. The highest BCUT2D eigenvalue weighted by Crippen LogP contribution is 2.40. The summed E-state index contributed by atoms with van der Waals surface area (Å²) in [4.78, 5) is 21.6. The molecular weight excluding hydrogens is 334 g/mol. The van der Waals surface area contributed by atoms with Crippen LogP contribution in [0.2, 0.25) is 5.02 Å². The van der Waals surface area contributed by atoms with Crippen molar-refractivity contribution in [2.24, 2.45) is 17.3 Å². The van der Waals surface area contributed by atoms with Crippen molar-refractivity contribution in [1.29, 1.82) is 0 Å². The fourth-order valence-electron chi connectivity index (χ4n) is 4.18. The number of aromatic nitrogens is 1. The number of pyridine rings is 1. The summed E-state index contributed by atoms with van der Waals surface area (Å²) < 4.78 is 0. The summed E-state index contributed by atoms with van der Waals surface area (Å²) in [7, 11) is 0. The molecule has 3 rings (SSSR count). The van der Waals surface area contributed by atoms with E-state index in [1.807, 2.05) is 12.1 Å². The van der Waals surface area contributed by atoms with Gasteiger partial charge in [0.15, 0.2) is 0 Å². The Morgan fingerprint density at radius 1 is 1.08 bits per heavy atom. The van der Waals surface area contributed by atoms with Crippen LogP contribution in [0.25, 0.3) is 0 Å². The Balaban J connectivity index is 1.50. The number of nitrogens with zero attached hydrogens (tertiary/aromatic N) is 3. The van der Waals surface area contributed by atoms with Crippen molar-refractivity contribution in [3.8, 4) is 0 Å². The standard InChI is InChI=1S/C20H30ClN3O/c1-20(2,3)16-6-4-15(5-7-16)19(25)24-12-10-23(11-13-24)18-9-8-17(21)14-22-18/h8-9,14-16H,4-7,10-13H2,1-3H3. The Bertz CT molecular complexity index is 580. The maximum atomic E-state index is 12.9. The van der Waals surface area contributed by atoms with Gasteiger partial charge in [0, 0.05) is 38.3 Å². The van der Waals surface area contributed by atoms with Gasteiger partial charge in [0.2, 0.25) is 5.91 Å². The Kier molecular flexibility index (Phi) is 5.57. The number of halogens is 1. The molecule has 0 bridgehead atoms. The first kappa shape index (κ1) is 18.5. The summed E-state index contributed by atoms with van der Waals surface area (Å²) in [6, 6.07) is 3.82. The van der Waals surface area contributed by atoms with Crippen LogP contribution >= 0.6 is 11.6 Å². The molecule has 5 heteroatoms. The minimum absolute atomic E-state index is 0.235. The van der Waals surface area contributed by atoms with Crippen molar-refractivity contribution in [3.63, 3.8) is 0 Å². The molecule has 138 valence electrons. The van der Waals surface area contributed by atoms with Gasteiger partial charge in [-0.25, -0.2) is 4.98 Å². The Morgan fingerprint density at radius 2 is 1.72 bits per heavy atom. The summed E-state index contributed by atoms with van der Waals surface area (Å²) in [5.74, 6) is 2.31. The van der Waals surface area contributed by atoms with Gasteiger partial charge in [-0.05, 0) is 49.1 Å². The molecular formula is C20H30ClN3O. The van der Waals surface area contributed by atoms with Gasteiger partial charge in [0.1, 0.15) is 5.82 Å². The summed E-state index contributed by atoms with van der Waals surface area (Å²) in [5.41, 5.74) is 0.366. The Morgan fingerprint density at radius 3 is 2.24 bits per heavy atom. The fourth-order valence-corrected chi connectivity index (χ4v) is 4.29. The first-order valence-electron chi connectivity index (χ1n) is 9.50. The molecule has 1 aromatic rings. The minimum Gasteiger partial charge on any atom is -0.353 e. The molecule has 4 nitrogen and oxygen atoms in total. The van der Waals surface area contributed by atoms with E-state index in [1.54, 1.807) is 6.20 Å². The van der Waals surface area contributed by atoms with Crippen LogP contribution in [0.1, 0.15) is 46.5 Å². The molecule has 1 aliphatic heterocycles. The van der Waals surface area contributed by atoms with Crippen molar-refractivity contribution in [1.82, 2.24) is 9.88 Å². The highest BCUT2D eigenvalue weighted by atomic mass is 35.5. The van der Waals surface area contributed by atoms with Crippen molar-refractivity contribution in [3.05, 3.63) is 23.4 Å². The number of hydrogen-bond donors (Lipinski definition) is 0. The zero-order valence-electron chi connectivity index (χ0n) is 15.7. The van der Waals surface area contributed by atoms with E-state index in [1.165, 1.54) is 12.8 Å². The average Bonchev–Trinajstić information content (AvgIpc) is 2.61. The number of piperazine rings is 1. The van der Waals surface area contributed by atoms with Gasteiger partial charge >= 0.3 is 0 Å². The number of amides is 1. The first-order valence-corrected chi connectivity index (χ1v) is 9.87. The molecule has 0 atom stereocenters. The van der Waals surface area contributed by atoms with Crippen LogP contribution in [-0.4, -0.2) is 42.0 Å². The maximum absolute atomic E-state index is 12.9. The molecule has 0 aromatic carbocycles. The van der Waals surface area contributed by atoms with Crippen molar-refractivity contribution < 1.29 is 4.79 Å². The lowest BCUT2D eigenvalue weighted by Crippen LogP contribution is -2.51. The van der Waals surface area contributed by atoms with Gasteiger partial charge < -0.3 is 9.80 Å². The van der Waals surface area contributed by atoms with Crippen LogP contribution in [0.4, 0.5) is 5.82 Å². The third-order valence-electron chi connectivity index (χ3n) is 5.93. The van der Waals surface area contributed by atoms with Crippen molar-refractivity contribution in [2.75, 3.05) is 31.1 Å². The molecule has 1 saturated heterocycles. The van der Waals surface area contributed by atoms with Crippen LogP contribution < -0.4 is 4.90 Å². The summed E-state index contributed by atoms with van der Waals surface area (Å²) in [5, 5.41) is 0.656. The molecule has 0 radical (unpaired) electrons. The van der Waals surface area contributed by atoms with Crippen LogP contribution in [0, 0.1) is 17.3 Å². The predicted molar refractivity (Wildman–Crippen MR) is 103 cm³/mol. The highest BCUT2D eigenvalue weighted by Gasteiger charge is 2.34. The van der Waals surface area contributed by atoms with Gasteiger partial charge in [-0.3, -0.25) is 4.79 Å². The maximum Gasteiger partial charge on any atom is 0.225 e. The van der Waals surface area contributed by atoms with Gasteiger partial charge in [-0.15, -0.1) is 0 Å². The average molecular weight is 364 g/mol.